The minimum Gasteiger partial charge on any atom is -0.423 e. The zero-order valence-electron chi connectivity index (χ0n) is 37.2. The van der Waals surface area contributed by atoms with E-state index in [4.69, 9.17) is 15.0 Å². The SMILES string of the molecule is Cc1c(-c2ccccn2)nc2cc(F)ccc2c1N1CC(C)(C)c2ncc(-c3cn[nH]c3)cc21.Cc1c(-c2ccccn2)nc2cc(F)ccc2c1N1CC(C)(C)c2ncc(B(O)O)cc21. The molecule has 12 nitrogen and oxygen atoms in total. The molecule has 0 radical (unpaired) electrons. The highest BCUT2D eigenvalue weighted by atomic mass is 19.1. The number of aromatic amines is 1. The molecule has 2 aromatic carbocycles. The second kappa shape index (κ2) is 16.2. The number of hydrogen-bond donors (Lipinski definition) is 3. The number of halogens is 2. The number of anilines is 4. The van der Waals surface area contributed by atoms with Crippen molar-refractivity contribution < 1.29 is 18.8 Å². The molecule has 0 saturated carbocycles. The van der Waals surface area contributed by atoms with Gasteiger partial charge in [-0.3, -0.25) is 25.0 Å². The lowest BCUT2D eigenvalue weighted by atomic mass is 9.80. The van der Waals surface area contributed by atoms with Gasteiger partial charge in [0, 0.05) is 106 Å². The van der Waals surface area contributed by atoms with Gasteiger partial charge >= 0.3 is 7.12 Å². The predicted molar refractivity (Wildman–Crippen MR) is 255 cm³/mol. The van der Waals surface area contributed by atoms with Crippen molar-refractivity contribution in [3.05, 3.63) is 156 Å². The zero-order chi connectivity index (χ0) is 46.1. The molecular formula is C51H45BF2N10O2. The maximum Gasteiger partial charge on any atom is 0.490 e. The Labute approximate surface area is 380 Å². The van der Waals surface area contributed by atoms with Crippen LogP contribution in [0.4, 0.5) is 31.5 Å². The molecule has 0 amide bonds. The summed E-state index contributed by atoms with van der Waals surface area (Å²) < 4.78 is 28.4. The lowest BCUT2D eigenvalue weighted by Gasteiger charge is -2.26. The summed E-state index contributed by atoms with van der Waals surface area (Å²) in [5.41, 5.74) is 13.4. The van der Waals surface area contributed by atoms with Gasteiger partial charge in [0.05, 0.1) is 74.1 Å². The summed E-state index contributed by atoms with van der Waals surface area (Å²) in [6.45, 7) is 14.0. The van der Waals surface area contributed by atoms with Crippen molar-refractivity contribution in [1.29, 1.82) is 0 Å². The Balaban J connectivity index is 0.000000155. The van der Waals surface area contributed by atoms with Crippen molar-refractivity contribution in [2.45, 2.75) is 52.4 Å². The monoisotopic (exact) mass is 878 g/mol. The third kappa shape index (κ3) is 7.39. The van der Waals surface area contributed by atoms with Gasteiger partial charge in [-0.2, -0.15) is 5.10 Å². The topological polar surface area (TPSA) is 153 Å². The molecule has 9 heterocycles. The van der Waals surface area contributed by atoms with Crippen molar-refractivity contribution in [2.24, 2.45) is 0 Å². The van der Waals surface area contributed by atoms with Crippen molar-refractivity contribution in [1.82, 2.24) is 40.1 Å². The first-order chi connectivity index (χ1) is 31.7. The number of nitrogens with one attached hydrogen (secondary N) is 1. The van der Waals surface area contributed by atoms with Gasteiger partial charge < -0.3 is 19.8 Å². The Bertz CT molecular complexity index is 3320. The number of fused-ring (bicyclic) bond motifs is 4. The average Bonchev–Trinajstić information content (AvgIpc) is 4.01. The number of H-pyrrole nitrogens is 1. The van der Waals surface area contributed by atoms with Crippen LogP contribution in [0.1, 0.15) is 50.2 Å². The first-order valence-electron chi connectivity index (χ1n) is 21.6. The van der Waals surface area contributed by atoms with E-state index in [0.29, 0.717) is 34.4 Å². The van der Waals surface area contributed by atoms with Gasteiger partial charge in [0.1, 0.15) is 11.6 Å². The second-order valence-electron chi connectivity index (χ2n) is 18.1. The number of nitrogens with zero attached hydrogens (tertiary/aromatic N) is 9. The zero-order valence-corrected chi connectivity index (χ0v) is 37.2. The molecule has 15 heteroatoms. The predicted octanol–water partition coefficient (Wildman–Crippen LogP) is 9.21. The van der Waals surface area contributed by atoms with Crippen molar-refractivity contribution >= 4 is 57.1 Å². The Hall–Kier alpha value is -7.49. The molecule has 2 aliphatic heterocycles. The summed E-state index contributed by atoms with van der Waals surface area (Å²) in [5, 5.41) is 28.1. The molecule has 328 valence electrons. The smallest absolute Gasteiger partial charge is 0.423 e. The number of benzene rings is 2. The molecule has 3 N–H and O–H groups in total. The molecule has 0 spiro atoms. The van der Waals surface area contributed by atoms with E-state index in [9.17, 15) is 18.8 Å². The van der Waals surface area contributed by atoms with Crippen LogP contribution in [0.2, 0.25) is 0 Å². The lowest BCUT2D eigenvalue weighted by Crippen LogP contribution is -2.31. The first-order valence-corrected chi connectivity index (χ1v) is 21.6. The second-order valence-corrected chi connectivity index (χ2v) is 18.1. The normalized spacial score (nSPS) is 14.6. The Morgan fingerprint density at radius 3 is 1.59 bits per heavy atom. The summed E-state index contributed by atoms with van der Waals surface area (Å²) in [6, 6.07) is 24.7. The molecule has 0 unspecified atom stereocenters. The van der Waals surface area contributed by atoms with Crippen LogP contribution in [0.25, 0.3) is 55.7 Å². The maximum atomic E-state index is 14.3. The molecule has 11 rings (SSSR count). The molecule has 66 heavy (non-hydrogen) atoms. The first kappa shape index (κ1) is 42.5. The van der Waals surface area contributed by atoms with Gasteiger partial charge in [-0.15, -0.1) is 0 Å². The Morgan fingerprint density at radius 2 is 1.12 bits per heavy atom. The molecule has 9 aromatic rings. The molecule has 7 aromatic heterocycles. The van der Waals surface area contributed by atoms with E-state index in [1.807, 2.05) is 61.8 Å². The summed E-state index contributed by atoms with van der Waals surface area (Å²) >= 11 is 0. The molecule has 2 aliphatic rings. The fraction of sp³-hybridized carbons (Fsp3) is 0.196. The molecule has 0 saturated heterocycles. The van der Waals surface area contributed by atoms with Crippen LogP contribution in [0.15, 0.2) is 122 Å². The van der Waals surface area contributed by atoms with Crippen LogP contribution in [-0.2, 0) is 10.8 Å². The van der Waals surface area contributed by atoms with Crippen LogP contribution in [0.5, 0.6) is 0 Å². The fourth-order valence-corrected chi connectivity index (χ4v) is 9.43. The standard InChI is InChI=1S/C27H23FN6.C24H22BFN4O2/c1-16-24(21-6-4-5-9-29-21)33-22-11-19(28)7-8-20(22)25(16)34-15-27(2,3)26-23(34)10-17(12-30-26)18-13-31-32-14-18;1-14-21(18-6-4-5-9-27-18)29-19-11-16(26)7-8-17(19)22(14)30-13-24(2,3)23-20(30)10-15(12-28-23)25(31)32/h4-14H,15H2,1-3H3,(H,31,32);4-12,31-32H,13H2,1-3H3. The quantitative estimate of drug-likeness (QED) is 0.137. The Kier molecular flexibility index (Phi) is 10.4. The van der Waals surface area contributed by atoms with E-state index in [1.54, 1.807) is 30.7 Å². The van der Waals surface area contributed by atoms with E-state index in [2.05, 4.69) is 75.6 Å². The van der Waals surface area contributed by atoms with E-state index >= 15 is 0 Å². The summed E-state index contributed by atoms with van der Waals surface area (Å²) in [4.78, 5) is 32.4. The number of hydrogen-bond acceptors (Lipinski definition) is 11. The number of pyridine rings is 6. The highest BCUT2D eigenvalue weighted by molar-refractivity contribution is 6.58. The van der Waals surface area contributed by atoms with Gasteiger partial charge in [-0.25, -0.2) is 18.7 Å². The third-order valence-electron chi connectivity index (χ3n) is 12.5. The maximum absolute atomic E-state index is 14.3. The van der Waals surface area contributed by atoms with Gasteiger partial charge in [0.15, 0.2) is 0 Å². The van der Waals surface area contributed by atoms with Crippen LogP contribution in [-0.4, -0.2) is 70.4 Å². The third-order valence-corrected chi connectivity index (χ3v) is 12.5. The van der Waals surface area contributed by atoms with Crippen LogP contribution < -0.4 is 15.3 Å². The lowest BCUT2D eigenvalue weighted by molar-refractivity contribution is 0.425. The van der Waals surface area contributed by atoms with E-state index < -0.39 is 7.12 Å². The van der Waals surface area contributed by atoms with Gasteiger partial charge in [-0.05, 0) is 74.5 Å². The number of rotatable bonds is 6. The molecule has 0 aliphatic carbocycles. The van der Waals surface area contributed by atoms with Crippen LogP contribution in [0.3, 0.4) is 0 Å². The van der Waals surface area contributed by atoms with E-state index in [0.717, 1.165) is 85.1 Å². The summed E-state index contributed by atoms with van der Waals surface area (Å²) in [6.07, 6.45) is 10.5. The molecule has 0 fully saturated rings. The van der Waals surface area contributed by atoms with Crippen molar-refractivity contribution in [3.63, 3.8) is 0 Å². The van der Waals surface area contributed by atoms with Crippen LogP contribution in [0, 0.1) is 25.5 Å². The van der Waals surface area contributed by atoms with E-state index in [-0.39, 0.29) is 22.5 Å². The van der Waals surface area contributed by atoms with Crippen molar-refractivity contribution in [2.75, 3.05) is 22.9 Å². The Morgan fingerprint density at radius 1 is 0.606 bits per heavy atom. The average molecular weight is 879 g/mol. The minimum absolute atomic E-state index is 0.169. The van der Waals surface area contributed by atoms with E-state index in [1.165, 1.54) is 30.5 Å². The van der Waals surface area contributed by atoms with Gasteiger partial charge in [-0.1, -0.05) is 39.8 Å². The van der Waals surface area contributed by atoms with Crippen molar-refractivity contribution in [3.8, 4) is 33.9 Å². The highest BCUT2D eigenvalue weighted by Crippen LogP contribution is 2.49. The number of aromatic nitrogens is 8. The summed E-state index contributed by atoms with van der Waals surface area (Å²) in [5.74, 6) is -0.672. The fourth-order valence-electron chi connectivity index (χ4n) is 9.43. The van der Waals surface area contributed by atoms with Gasteiger partial charge in [0.2, 0.25) is 0 Å². The molecule has 0 atom stereocenters. The molecular weight excluding hydrogens is 833 g/mol. The van der Waals surface area contributed by atoms with Crippen LogP contribution >= 0.6 is 0 Å². The largest absolute Gasteiger partial charge is 0.490 e. The highest BCUT2D eigenvalue weighted by Gasteiger charge is 2.41. The summed E-state index contributed by atoms with van der Waals surface area (Å²) in [7, 11) is -1.62. The molecule has 0 bridgehead atoms. The minimum atomic E-state index is -1.62. The van der Waals surface area contributed by atoms with Gasteiger partial charge in [0.25, 0.3) is 0 Å².